The number of ether oxygens (including phenoxy) is 2. The Hall–Kier alpha value is -3.39. The third-order valence-corrected chi connectivity index (χ3v) is 5.75. The minimum absolute atomic E-state index is 0.110. The quantitative estimate of drug-likeness (QED) is 0.280. The molecule has 3 rings (SSSR count). The van der Waals surface area contributed by atoms with Crippen LogP contribution in [0, 0.1) is 6.92 Å². The molecule has 2 aromatic carbocycles. The molecule has 0 aliphatic carbocycles. The Balaban J connectivity index is 2.18. The number of rotatable bonds is 11. The number of nitrogens with one attached hydrogen (secondary N) is 1. The summed E-state index contributed by atoms with van der Waals surface area (Å²) in [6, 6.07) is 10.9. The number of aliphatic hydroxyl groups excluding tert-OH is 1. The highest BCUT2D eigenvalue weighted by atomic mass is 19.4. The molecule has 0 saturated heterocycles. The van der Waals surface area contributed by atoms with Gasteiger partial charge in [-0.25, -0.2) is 8.78 Å². The van der Waals surface area contributed by atoms with Crippen molar-refractivity contribution < 1.29 is 54.2 Å². The number of hydrogen-bond donors (Lipinski definition) is 2. The van der Waals surface area contributed by atoms with E-state index in [1.54, 1.807) is 6.92 Å². The number of benzene rings is 2. The van der Waals surface area contributed by atoms with Gasteiger partial charge in [0, 0.05) is 37.9 Å². The van der Waals surface area contributed by atoms with Gasteiger partial charge in [0.25, 0.3) is 5.92 Å². The van der Waals surface area contributed by atoms with Crippen molar-refractivity contribution >= 4 is 0 Å². The van der Waals surface area contributed by atoms with Gasteiger partial charge >= 0.3 is 12.7 Å². The number of alkyl halides is 8. The molecule has 1 aromatic heterocycles. The van der Waals surface area contributed by atoms with Crippen molar-refractivity contribution in [3.8, 4) is 11.5 Å². The van der Waals surface area contributed by atoms with Gasteiger partial charge in [-0.2, -0.15) is 0 Å². The summed E-state index contributed by atoms with van der Waals surface area (Å²) in [6.07, 6.45) is -12.4. The summed E-state index contributed by atoms with van der Waals surface area (Å²) in [4.78, 5) is 0. The van der Waals surface area contributed by atoms with Crippen LogP contribution < -0.4 is 14.8 Å². The van der Waals surface area contributed by atoms with Gasteiger partial charge in [-0.05, 0) is 42.3 Å². The molecular weight excluding hydrogens is 544 g/mol. The molecule has 0 aliphatic rings. The van der Waals surface area contributed by atoms with Crippen LogP contribution in [0.5, 0.6) is 11.5 Å². The van der Waals surface area contributed by atoms with Crippen LogP contribution >= 0.6 is 0 Å². The Kier molecular flexibility index (Phi) is 8.80. The van der Waals surface area contributed by atoms with E-state index in [2.05, 4.69) is 19.9 Å². The second-order valence-electron chi connectivity index (χ2n) is 8.94. The minimum Gasteiger partial charge on any atom is -0.406 e. The predicted molar refractivity (Wildman–Crippen MR) is 121 cm³/mol. The summed E-state index contributed by atoms with van der Waals surface area (Å²) in [6.45, 7) is 1.09. The molecule has 14 heteroatoms. The third-order valence-electron chi connectivity index (χ3n) is 5.75. The summed E-state index contributed by atoms with van der Waals surface area (Å²) in [5.74, 6) is -4.36. The number of aryl methyl sites for hydroxylation is 1. The number of hydrogen-bond acceptors (Lipinski definition) is 6. The maximum atomic E-state index is 13.6. The van der Waals surface area contributed by atoms with Crippen molar-refractivity contribution in [2.45, 2.75) is 50.4 Å². The fourth-order valence-corrected chi connectivity index (χ4v) is 4.03. The highest BCUT2D eigenvalue weighted by Crippen LogP contribution is 2.40. The Morgan fingerprint density at radius 2 is 1.38 bits per heavy atom. The third kappa shape index (κ3) is 8.55. The zero-order valence-electron chi connectivity index (χ0n) is 20.5. The Bertz CT molecular complexity index is 1180. The van der Waals surface area contributed by atoms with E-state index >= 15 is 0 Å². The second kappa shape index (κ2) is 11.4. The van der Waals surface area contributed by atoms with Gasteiger partial charge in [-0.15, -0.1) is 26.3 Å². The van der Waals surface area contributed by atoms with Crippen molar-refractivity contribution in [3.63, 3.8) is 0 Å². The molecule has 214 valence electrons. The standard InChI is InChI=1S/C25H24F8N2O4/c1-15-9-18(35-39-15)12-23(14-34-13-21(36)22(2,26)27,16-5-3-7-19(10-16)37-24(28,29)30)17-6-4-8-20(11-17)38-25(31,32)33/h3-11,21,34,36H,12-14H2,1-2H3/t21-/m0/s1. The molecule has 0 unspecified atom stereocenters. The summed E-state index contributed by atoms with van der Waals surface area (Å²) < 4.78 is 118. The van der Waals surface area contributed by atoms with Crippen molar-refractivity contribution in [2.24, 2.45) is 0 Å². The maximum Gasteiger partial charge on any atom is 0.573 e. The largest absolute Gasteiger partial charge is 0.573 e. The molecular formula is C25H24F8N2O4. The van der Waals surface area contributed by atoms with Crippen LogP contribution in [0.2, 0.25) is 0 Å². The van der Waals surface area contributed by atoms with E-state index in [9.17, 15) is 40.2 Å². The first-order chi connectivity index (χ1) is 18.0. The van der Waals surface area contributed by atoms with Crippen LogP contribution in [0.4, 0.5) is 35.1 Å². The molecule has 3 aromatic rings. The zero-order chi connectivity index (χ0) is 29.1. The number of aliphatic hydroxyl groups is 1. The Morgan fingerprint density at radius 1 is 0.872 bits per heavy atom. The maximum absolute atomic E-state index is 13.6. The SMILES string of the molecule is Cc1cc(CC(CNC[C@H](O)C(C)(F)F)(c2cccc(OC(F)(F)F)c2)c2cccc(OC(F)(F)F)c2)no1. The van der Waals surface area contributed by atoms with E-state index in [4.69, 9.17) is 4.52 Å². The Morgan fingerprint density at radius 3 is 1.79 bits per heavy atom. The zero-order valence-corrected chi connectivity index (χ0v) is 20.5. The summed E-state index contributed by atoms with van der Waals surface area (Å²) in [5.41, 5.74) is -1.05. The monoisotopic (exact) mass is 568 g/mol. The van der Waals surface area contributed by atoms with Crippen molar-refractivity contribution in [2.75, 3.05) is 13.1 Å². The fourth-order valence-electron chi connectivity index (χ4n) is 4.03. The topological polar surface area (TPSA) is 76.8 Å². The smallest absolute Gasteiger partial charge is 0.406 e. The summed E-state index contributed by atoms with van der Waals surface area (Å²) >= 11 is 0. The number of halogens is 8. The lowest BCUT2D eigenvalue weighted by Crippen LogP contribution is -2.46. The van der Waals surface area contributed by atoms with Gasteiger partial charge in [-0.1, -0.05) is 29.4 Å². The molecule has 0 aliphatic heterocycles. The van der Waals surface area contributed by atoms with Gasteiger partial charge in [0.15, 0.2) is 0 Å². The van der Waals surface area contributed by atoms with Gasteiger partial charge in [0.05, 0.1) is 5.69 Å². The first-order valence-corrected chi connectivity index (χ1v) is 11.4. The van der Waals surface area contributed by atoms with Crippen LogP contribution in [0.3, 0.4) is 0 Å². The fraction of sp³-hybridized carbons (Fsp3) is 0.400. The Labute approximate surface area is 217 Å². The first kappa shape index (κ1) is 30.2. The van der Waals surface area contributed by atoms with E-state index in [0.29, 0.717) is 12.7 Å². The average Bonchev–Trinajstić information content (AvgIpc) is 3.20. The van der Waals surface area contributed by atoms with E-state index in [1.807, 2.05) is 0 Å². The highest BCUT2D eigenvalue weighted by Gasteiger charge is 2.40. The molecule has 6 nitrogen and oxygen atoms in total. The molecule has 39 heavy (non-hydrogen) atoms. The van der Waals surface area contributed by atoms with Gasteiger partial charge in [0.1, 0.15) is 23.4 Å². The van der Waals surface area contributed by atoms with E-state index in [-0.39, 0.29) is 29.8 Å². The molecule has 0 radical (unpaired) electrons. The van der Waals surface area contributed by atoms with E-state index in [0.717, 1.165) is 24.3 Å². The highest BCUT2D eigenvalue weighted by molar-refractivity contribution is 5.47. The predicted octanol–water partition coefficient (Wildman–Crippen LogP) is 5.91. The average molecular weight is 568 g/mol. The second-order valence-corrected chi connectivity index (χ2v) is 8.94. The number of nitrogens with zero attached hydrogens (tertiary/aromatic N) is 1. The van der Waals surface area contributed by atoms with E-state index in [1.165, 1.54) is 30.3 Å². The number of aromatic nitrogens is 1. The van der Waals surface area contributed by atoms with Crippen molar-refractivity contribution in [1.29, 1.82) is 0 Å². The van der Waals surface area contributed by atoms with Crippen LogP contribution in [0.1, 0.15) is 29.5 Å². The minimum atomic E-state index is -5.04. The molecule has 1 atom stereocenters. The van der Waals surface area contributed by atoms with E-state index < -0.39 is 48.2 Å². The lowest BCUT2D eigenvalue weighted by atomic mass is 9.71. The van der Waals surface area contributed by atoms with Gasteiger partial charge < -0.3 is 24.4 Å². The lowest BCUT2D eigenvalue weighted by Gasteiger charge is -2.36. The van der Waals surface area contributed by atoms with Gasteiger partial charge in [-0.3, -0.25) is 0 Å². The van der Waals surface area contributed by atoms with Crippen molar-refractivity contribution in [3.05, 3.63) is 77.2 Å². The van der Waals surface area contributed by atoms with Crippen LogP contribution in [0.15, 0.2) is 59.1 Å². The molecule has 0 spiro atoms. The molecule has 0 amide bonds. The molecule has 1 heterocycles. The summed E-state index contributed by atoms with van der Waals surface area (Å²) in [7, 11) is 0. The van der Waals surface area contributed by atoms with Crippen molar-refractivity contribution in [1.82, 2.24) is 10.5 Å². The normalized spacial score (nSPS) is 13.8. The van der Waals surface area contributed by atoms with Crippen LogP contribution in [-0.4, -0.2) is 48.1 Å². The molecule has 0 saturated carbocycles. The van der Waals surface area contributed by atoms with Crippen LogP contribution in [-0.2, 0) is 11.8 Å². The summed E-state index contributed by atoms with van der Waals surface area (Å²) in [5, 5.41) is 16.4. The molecule has 2 N–H and O–H groups in total. The van der Waals surface area contributed by atoms with Crippen LogP contribution in [0.25, 0.3) is 0 Å². The molecule has 0 bridgehead atoms. The molecule has 0 fully saturated rings. The lowest BCUT2D eigenvalue weighted by molar-refractivity contribution is -0.275. The first-order valence-electron chi connectivity index (χ1n) is 11.4. The van der Waals surface area contributed by atoms with Gasteiger partial charge in [0.2, 0.25) is 0 Å².